The molecule has 1 amide bonds. The largest absolute Gasteiger partial charge is 0.469 e. The lowest BCUT2D eigenvalue weighted by atomic mass is 10.0. The van der Waals surface area contributed by atoms with E-state index in [1.54, 1.807) is 0 Å². The third-order valence-corrected chi connectivity index (χ3v) is 5.07. The minimum absolute atomic E-state index is 0.0774. The number of fused-ring (bicyclic) bond motifs is 1. The van der Waals surface area contributed by atoms with Crippen molar-refractivity contribution in [1.29, 1.82) is 0 Å². The third kappa shape index (κ3) is 4.16. The summed E-state index contributed by atoms with van der Waals surface area (Å²) in [5, 5.41) is 2.88. The SMILES string of the molecule is COC(=O)Cc1c(Cl)[nH]c(C=C2C(=O)Nc3ccc(CCCl)cc32)c1C(=O)OC. The van der Waals surface area contributed by atoms with E-state index in [1.165, 1.54) is 20.3 Å². The molecule has 2 heterocycles. The maximum absolute atomic E-state index is 12.5. The van der Waals surface area contributed by atoms with E-state index >= 15 is 0 Å². The van der Waals surface area contributed by atoms with Gasteiger partial charge in [-0.15, -0.1) is 11.6 Å². The molecule has 152 valence electrons. The number of carbonyl (C=O) groups is 3. The van der Waals surface area contributed by atoms with Gasteiger partial charge < -0.3 is 19.8 Å². The Morgan fingerprint density at radius 3 is 2.62 bits per heavy atom. The van der Waals surface area contributed by atoms with Crippen molar-refractivity contribution in [3.8, 4) is 0 Å². The first kappa shape index (κ1) is 21.0. The molecular weight excluding hydrogens is 419 g/mol. The lowest BCUT2D eigenvalue weighted by molar-refractivity contribution is -0.139. The second kappa shape index (κ2) is 8.71. The van der Waals surface area contributed by atoms with Crippen molar-refractivity contribution >= 4 is 58.4 Å². The summed E-state index contributed by atoms with van der Waals surface area (Å²) in [6, 6.07) is 5.57. The first-order valence-corrected chi connectivity index (χ1v) is 9.58. The molecule has 29 heavy (non-hydrogen) atoms. The van der Waals surface area contributed by atoms with Crippen molar-refractivity contribution in [1.82, 2.24) is 4.98 Å². The summed E-state index contributed by atoms with van der Waals surface area (Å²) in [7, 11) is 2.46. The standard InChI is InChI=1S/C20H18Cl2N2O5/c1-28-16(25)9-13-17(20(27)29-2)15(23-18(13)22)8-12-11-7-10(5-6-21)3-4-14(11)24-19(12)26/h3-4,7-8,23H,5-6,9H2,1-2H3,(H,24,26). The molecule has 0 radical (unpaired) electrons. The van der Waals surface area contributed by atoms with Crippen LogP contribution < -0.4 is 5.32 Å². The number of aromatic nitrogens is 1. The van der Waals surface area contributed by atoms with Gasteiger partial charge in [0.15, 0.2) is 0 Å². The molecule has 1 aromatic carbocycles. The van der Waals surface area contributed by atoms with Crippen LogP contribution >= 0.6 is 23.2 Å². The highest BCUT2D eigenvalue weighted by atomic mass is 35.5. The molecule has 0 unspecified atom stereocenters. The van der Waals surface area contributed by atoms with Crippen LogP contribution in [0.5, 0.6) is 0 Å². The van der Waals surface area contributed by atoms with E-state index in [-0.39, 0.29) is 34.3 Å². The quantitative estimate of drug-likeness (QED) is 0.410. The number of hydrogen-bond donors (Lipinski definition) is 2. The topological polar surface area (TPSA) is 97.5 Å². The van der Waals surface area contributed by atoms with Gasteiger partial charge in [0.25, 0.3) is 5.91 Å². The van der Waals surface area contributed by atoms with Gasteiger partial charge in [-0.05, 0) is 30.2 Å². The molecule has 9 heteroatoms. The number of ether oxygens (including phenoxy) is 2. The van der Waals surface area contributed by atoms with Crippen LogP contribution in [0.1, 0.15) is 32.7 Å². The molecule has 3 rings (SSSR count). The van der Waals surface area contributed by atoms with E-state index in [4.69, 9.17) is 27.9 Å². The summed E-state index contributed by atoms with van der Waals surface area (Å²) in [6.07, 6.45) is 1.95. The summed E-state index contributed by atoms with van der Waals surface area (Å²) in [4.78, 5) is 39.5. The minimum atomic E-state index is -0.687. The number of methoxy groups -OCH3 is 2. The van der Waals surface area contributed by atoms with E-state index in [1.807, 2.05) is 18.2 Å². The lowest BCUT2D eigenvalue weighted by Crippen LogP contribution is -2.11. The van der Waals surface area contributed by atoms with E-state index in [9.17, 15) is 14.4 Å². The van der Waals surface area contributed by atoms with Crippen molar-refractivity contribution in [3.05, 3.63) is 51.3 Å². The Hall–Kier alpha value is -2.77. The van der Waals surface area contributed by atoms with Gasteiger partial charge in [-0.1, -0.05) is 17.7 Å². The van der Waals surface area contributed by atoms with Gasteiger partial charge in [0.2, 0.25) is 0 Å². The highest BCUT2D eigenvalue weighted by Crippen LogP contribution is 2.35. The fraction of sp³-hybridized carbons (Fsp3) is 0.250. The molecule has 0 spiro atoms. The number of carbonyl (C=O) groups excluding carboxylic acids is 3. The number of rotatable bonds is 6. The zero-order chi connectivity index (χ0) is 21.1. The maximum atomic E-state index is 12.5. The molecule has 2 N–H and O–H groups in total. The van der Waals surface area contributed by atoms with Crippen molar-refractivity contribution in [2.24, 2.45) is 0 Å². The van der Waals surface area contributed by atoms with Crippen LogP contribution in [0.3, 0.4) is 0 Å². The number of aryl methyl sites for hydroxylation is 1. The first-order valence-electron chi connectivity index (χ1n) is 8.67. The van der Waals surface area contributed by atoms with Crippen LogP contribution in [0, 0.1) is 0 Å². The Labute approximate surface area is 177 Å². The Balaban J connectivity index is 2.12. The predicted molar refractivity (Wildman–Crippen MR) is 110 cm³/mol. The van der Waals surface area contributed by atoms with E-state index in [0.717, 1.165) is 5.56 Å². The van der Waals surface area contributed by atoms with Crippen LogP contribution in [0.2, 0.25) is 5.15 Å². The van der Waals surface area contributed by atoms with Gasteiger partial charge in [0.05, 0.1) is 37.5 Å². The van der Waals surface area contributed by atoms with Crippen LogP contribution in [0.15, 0.2) is 18.2 Å². The summed E-state index contributed by atoms with van der Waals surface area (Å²) >= 11 is 12.0. The van der Waals surface area contributed by atoms with Crippen LogP contribution in [-0.2, 0) is 31.9 Å². The molecule has 1 aliphatic rings. The van der Waals surface area contributed by atoms with Gasteiger partial charge in [0, 0.05) is 22.7 Å². The molecule has 1 aromatic heterocycles. The van der Waals surface area contributed by atoms with Gasteiger partial charge in [-0.3, -0.25) is 9.59 Å². The number of nitrogens with one attached hydrogen (secondary N) is 2. The Kier molecular flexibility index (Phi) is 6.30. The second-order valence-electron chi connectivity index (χ2n) is 6.28. The fourth-order valence-corrected chi connectivity index (χ4v) is 3.62. The van der Waals surface area contributed by atoms with Crippen molar-refractivity contribution in [3.63, 3.8) is 0 Å². The Morgan fingerprint density at radius 1 is 1.21 bits per heavy atom. The summed E-state index contributed by atoms with van der Waals surface area (Å²) in [6.45, 7) is 0. The zero-order valence-corrected chi connectivity index (χ0v) is 17.2. The average Bonchev–Trinajstić information content (AvgIpc) is 3.18. The number of alkyl halides is 1. The molecule has 1 aliphatic heterocycles. The van der Waals surface area contributed by atoms with Crippen LogP contribution in [-0.4, -0.2) is 42.9 Å². The number of benzene rings is 1. The summed E-state index contributed by atoms with van der Waals surface area (Å²) < 4.78 is 9.51. The van der Waals surface area contributed by atoms with Crippen molar-refractivity contribution < 1.29 is 23.9 Å². The Bertz CT molecular complexity index is 1030. The number of H-pyrrole nitrogens is 1. The molecular formula is C20H18Cl2N2O5. The summed E-state index contributed by atoms with van der Waals surface area (Å²) in [5.74, 6) is -1.12. The van der Waals surface area contributed by atoms with Crippen molar-refractivity contribution in [2.75, 3.05) is 25.4 Å². The van der Waals surface area contributed by atoms with Crippen molar-refractivity contribution in [2.45, 2.75) is 12.8 Å². The monoisotopic (exact) mass is 436 g/mol. The smallest absolute Gasteiger partial charge is 0.340 e. The van der Waals surface area contributed by atoms with E-state index < -0.39 is 11.9 Å². The van der Waals surface area contributed by atoms with Gasteiger partial charge in [0.1, 0.15) is 5.15 Å². The zero-order valence-electron chi connectivity index (χ0n) is 15.7. The number of anilines is 1. The second-order valence-corrected chi connectivity index (χ2v) is 7.04. The van der Waals surface area contributed by atoms with E-state index in [2.05, 4.69) is 15.0 Å². The number of halogens is 2. The van der Waals surface area contributed by atoms with Gasteiger partial charge >= 0.3 is 11.9 Å². The molecule has 0 atom stereocenters. The highest BCUT2D eigenvalue weighted by Gasteiger charge is 2.28. The maximum Gasteiger partial charge on any atom is 0.340 e. The molecule has 7 nitrogen and oxygen atoms in total. The normalized spacial score (nSPS) is 13.9. The lowest BCUT2D eigenvalue weighted by Gasteiger charge is -2.05. The molecule has 0 saturated carbocycles. The molecule has 0 bridgehead atoms. The molecule has 0 saturated heterocycles. The number of hydrogen-bond acceptors (Lipinski definition) is 5. The predicted octanol–water partition coefficient (Wildman–Crippen LogP) is 3.44. The number of esters is 2. The minimum Gasteiger partial charge on any atom is -0.469 e. The third-order valence-electron chi connectivity index (χ3n) is 4.56. The number of amides is 1. The van der Waals surface area contributed by atoms with Gasteiger partial charge in [-0.25, -0.2) is 4.79 Å². The molecule has 0 aliphatic carbocycles. The number of aromatic amines is 1. The van der Waals surface area contributed by atoms with Crippen LogP contribution in [0.25, 0.3) is 11.6 Å². The van der Waals surface area contributed by atoms with E-state index in [0.29, 0.717) is 29.1 Å². The average molecular weight is 437 g/mol. The fourth-order valence-electron chi connectivity index (χ4n) is 3.14. The first-order chi connectivity index (χ1) is 13.9. The Morgan fingerprint density at radius 2 is 1.97 bits per heavy atom. The summed E-state index contributed by atoms with van der Waals surface area (Å²) in [5.41, 5.74) is 3.26. The van der Waals surface area contributed by atoms with Crippen LogP contribution in [0.4, 0.5) is 5.69 Å². The molecule has 0 fully saturated rings. The molecule has 2 aromatic rings. The highest BCUT2D eigenvalue weighted by molar-refractivity contribution is 6.35. The van der Waals surface area contributed by atoms with Gasteiger partial charge in [-0.2, -0.15) is 0 Å².